The maximum absolute atomic E-state index is 13.7. The summed E-state index contributed by atoms with van der Waals surface area (Å²) in [6.45, 7) is 3.62. The van der Waals surface area contributed by atoms with Gasteiger partial charge in [-0.25, -0.2) is 0 Å². The molecular formula is C29H28N4O5. The molecule has 38 heavy (non-hydrogen) atoms. The summed E-state index contributed by atoms with van der Waals surface area (Å²) in [7, 11) is 1.66. The first-order valence-electron chi connectivity index (χ1n) is 12.7. The second kappa shape index (κ2) is 9.74. The number of hydrogen-bond acceptors (Lipinski definition) is 8. The molecule has 0 radical (unpaired) electrons. The number of anilines is 3. The van der Waals surface area contributed by atoms with Crippen molar-refractivity contribution < 1.29 is 24.0 Å². The van der Waals surface area contributed by atoms with E-state index in [0.717, 1.165) is 48.9 Å². The molecule has 9 nitrogen and oxygen atoms in total. The number of ketones is 1. The van der Waals surface area contributed by atoms with Gasteiger partial charge >= 0.3 is 5.97 Å². The van der Waals surface area contributed by atoms with E-state index < -0.39 is 5.97 Å². The maximum atomic E-state index is 13.7. The van der Waals surface area contributed by atoms with Gasteiger partial charge in [-0.2, -0.15) is 0 Å². The molecule has 0 spiro atoms. The van der Waals surface area contributed by atoms with Crippen LogP contribution in [0.5, 0.6) is 5.75 Å². The van der Waals surface area contributed by atoms with Crippen LogP contribution >= 0.6 is 0 Å². The van der Waals surface area contributed by atoms with Gasteiger partial charge in [0, 0.05) is 61.6 Å². The van der Waals surface area contributed by atoms with E-state index >= 15 is 0 Å². The first kappa shape index (κ1) is 23.8. The van der Waals surface area contributed by atoms with Crippen LogP contribution in [0.15, 0.2) is 59.1 Å². The molecule has 2 heterocycles. The lowest BCUT2D eigenvalue weighted by Gasteiger charge is -2.37. The zero-order chi connectivity index (χ0) is 26.2. The third kappa shape index (κ3) is 4.09. The number of fused-ring (bicyclic) bond motifs is 2. The summed E-state index contributed by atoms with van der Waals surface area (Å²) in [5.74, 6) is 0.499. The number of rotatable bonds is 8. The number of carboxylic acids is 1. The van der Waals surface area contributed by atoms with Crippen LogP contribution in [-0.4, -0.2) is 61.8 Å². The highest BCUT2D eigenvalue weighted by molar-refractivity contribution is 6.28. The number of piperazine rings is 1. The second-order valence-electron chi connectivity index (χ2n) is 9.52. The lowest BCUT2D eigenvalue weighted by molar-refractivity contribution is -0.137. The molecule has 2 N–H and O–H groups in total. The average molecular weight is 513 g/mol. The number of nitrogens with one attached hydrogen (secondary N) is 1. The minimum absolute atomic E-state index is 0.0556. The molecule has 3 aromatic carbocycles. The number of aromatic nitrogens is 1. The van der Waals surface area contributed by atoms with Crippen LogP contribution in [0.1, 0.15) is 28.8 Å². The number of hydrogen-bond donors (Lipinski definition) is 2. The Kier molecular flexibility index (Phi) is 6.11. The summed E-state index contributed by atoms with van der Waals surface area (Å²) in [4.78, 5) is 29.3. The van der Waals surface area contributed by atoms with Gasteiger partial charge in [0.2, 0.25) is 0 Å². The minimum atomic E-state index is -0.842. The summed E-state index contributed by atoms with van der Waals surface area (Å²) in [5, 5.41) is 17.6. The summed E-state index contributed by atoms with van der Waals surface area (Å²) in [6, 6.07) is 17.5. The van der Waals surface area contributed by atoms with Crippen molar-refractivity contribution in [3.8, 4) is 17.1 Å². The number of carbonyl (C=O) groups is 2. The monoisotopic (exact) mass is 512 g/mol. The van der Waals surface area contributed by atoms with Crippen molar-refractivity contribution in [1.29, 1.82) is 0 Å². The topological polar surface area (TPSA) is 108 Å². The zero-order valence-electron chi connectivity index (χ0n) is 21.1. The Morgan fingerprint density at radius 2 is 1.76 bits per heavy atom. The Morgan fingerprint density at radius 1 is 1.05 bits per heavy atom. The summed E-state index contributed by atoms with van der Waals surface area (Å²) in [6.07, 6.45) is 0.504. The third-order valence-electron chi connectivity index (χ3n) is 7.32. The number of carbonyl (C=O) groups excluding carboxylic acids is 1. The van der Waals surface area contributed by atoms with E-state index in [1.807, 2.05) is 36.4 Å². The highest BCUT2D eigenvalue weighted by Gasteiger charge is 2.34. The maximum Gasteiger partial charge on any atom is 0.303 e. The van der Waals surface area contributed by atoms with Gasteiger partial charge in [-0.1, -0.05) is 29.4 Å². The SMILES string of the molecule is COc1ccc(N2CCN(c3cc(NCCCC(=O)O)c4c5c(onc35)-c3ccccc3C4=O)CC2)cc1. The number of nitrogens with zero attached hydrogens (tertiary/aromatic N) is 3. The number of methoxy groups -OCH3 is 1. The first-order chi connectivity index (χ1) is 18.5. The van der Waals surface area contributed by atoms with E-state index in [1.165, 1.54) is 0 Å². The van der Waals surface area contributed by atoms with Gasteiger partial charge in [0.05, 0.1) is 23.7 Å². The molecule has 1 fully saturated rings. The summed E-state index contributed by atoms with van der Waals surface area (Å²) in [5.41, 5.74) is 5.25. The molecule has 0 unspecified atom stereocenters. The van der Waals surface area contributed by atoms with Gasteiger partial charge in [-0.15, -0.1) is 0 Å². The molecule has 0 atom stereocenters. The molecule has 4 aromatic rings. The molecule has 1 aliphatic carbocycles. The second-order valence-corrected chi connectivity index (χ2v) is 9.52. The number of ether oxygens (including phenoxy) is 1. The van der Waals surface area contributed by atoms with Crippen molar-refractivity contribution in [2.45, 2.75) is 12.8 Å². The van der Waals surface area contributed by atoms with Crippen LogP contribution in [-0.2, 0) is 4.79 Å². The normalized spacial score (nSPS) is 14.5. The van der Waals surface area contributed by atoms with Gasteiger partial charge in [-0.05, 0) is 36.8 Å². The Morgan fingerprint density at radius 3 is 2.47 bits per heavy atom. The Balaban J connectivity index is 1.35. The fraction of sp³-hybridized carbons (Fsp3) is 0.276. The van der Waals surface area contributed by atoms with Gasteiger partial charge in [0.15, 0.2) is 11.5 Å². The molecule has 1 aromatic heterocycles. The predicted octanol–water partition coefficient (Wildman–Crippen LogP) is 4.65. The van der Waals surface area contributed by atoms with E-state index in [4.69, 9.17) is 14.4 Å². The zero-order valence-corrected chi connectivity index (χ0v) is 21.1. The standard InChI is InChI=1S/C29H28N4O5/c1-37-19-10-8-18(9-11-19)32-13-15-33(16-14-32)23-17-22(30-12-4-7-24(34)35)25-26-27(23)31-38-29(26)21-6-3-2-5-20(21)28(25)36/h2-3,5-6,8-11,17,30H,4,7,12-16H2,1H3,(H,34,35). The molecule has 194 valence electrons. The summed E-state index contributed by atoms with van der Waals surface area (Å²) >= 11 is 0. The smallest absolute Gasteiger partial charge is 0.303 e. The lowest BCUT2D eigenvalue weighted by atomic mass is 9.86. The molecule has 0 amide bonds. The van der Waals surface area contributed by atoms with Crippen LogP contribution in [0, 0.1) is 0 Å². The molecular weight excluding hydrogens is 484 g/mol. The minimum Gasteiger partial charge on any atom is -0.497 e. The van der Waals surface area contributed by atoms with Crippen LogP contribution in [0.4, 0.5) is 17.1 Å². The highest BCUT2D eigenvalue weighted by atomic mass is 16.5. The van der Waals surface area contributed by atoms with Crippen molar-refractivity contribution in [2.24, 2.45) is 0 Å². The summed E-state index contributed by atoms with van der Waals surface area (Å²) < 4.78 is 11.2. The van der Waals surface area contributed by atoms with Gasteiger partial charge in [0.1, 0.15) is 11.3 Å². The molecule has 1 aliphatic heterocycles. The number of carboxylic acid groups (broad SMARTS) is 1. The van der Waals surface area contributed by atoms with Crippen molar-refractivity contribution in [2.75, 3.05) is 55.0 Å². The number of benzene rings is 3. The highest BCUT2D eigenvalue weighted by Crippen LogP contribution is 2.46. The van der Waals surface area contributed by atoms with Gasteiger partial charge in [-0.3, -0.25) is 9.59 Å². The largest absolute Gasteiger partial charge is 0.497 e. The van der Waals surface area contributed by atoms with Gasteiger partial charge in [0.25, 0.3) is 0 Å². The van der Waals surface area contributed by atoms with E-state index in [0.29, 0.717) is 46.4 Å². The average Bonchev–Trinajstić information content (AvgIpc) is 3.39. The fourth-order valence-corrected chi connectivity index (χ4v) is 5.38. The third-order valence-corrected chi connectivity index (χ3v) is 7.32. The van der Waals surface area contributed by atoms with Crippen molar-refractivity contribution >= 4 is 39.7 Å². The van der Waals surface area contributed by atoms with E-state index in [2.05, 4.69) is 32.4 Å². The molecule has 0 bridgehead atoms. The van der Waals surface area contributed by atoms with Crippen molar-refractivity contribution in [3.05, 3.63) is 65.7 Å². The molecule has 2 aliphatic rings. The molecule has 9 heteroatoms. The van der Waals surface area contributed by atoms with Crippen LogP contribution in [0.2, 0.25) is 0 Å². The number of aliphatic carboxylic acids is 1. The predicted molar refractivity (Wildman–Crippen MR) is 146 cm³/mol. The van der Waals surface area contributed by atoms with Crippen LogP contribution < -0.4 is 19.9 Å². The van der Waals surface area contributed by atoms with Crippen molar-refractivity contribution in [3.63, 3.8) is 0 Å². The quantitative estimate of drug-likeness (QED) is 0.287. The fourth-order valence-electron chi connectivity index (χ4n) is 5.38. The van der Waals surface area contributed by atoms with Crippen LogP contribution in [0.25, 0.3) is 22.2 Å². The van der Waals surface area contributed by atoms with Crippen molar-refractivity contribution in [1.82, 2.24) is 5.16 Å². The Hall–Kier alpha value is -4.53. The molecule has 6 rings (SSSR count). The van der Waals surface area contributed by atoms with Crippen LogP contribution in [0.3, 0.4) is 0 Å². The molecule has 1 saturated heterocycles. The van der Waals surface area contributed by atoms with E-state index in [-0.39, 0.29) is 12.2 Å². The molecule has 0 saturated carbocycles. The van der Waals surface area contributed by atoms with E-state index in [1.54, 1.807) is 13.2 Å². The van der Waals surface area contributed by atoms with E-state index in [9.17, 15) is 9.59 Å². The lowest BCUT2D eigenvalue weighted by Crippen LogP contribution is -2.46. The Labute approximate surface area is 219 Å². The first-order valence-corrected chi connectivity index (χ1v) is 12.7. The van der Waals surface area contributed by atoms with Gasteiger partial charge < -0.3 is 29.5 Å². The Bertz CT molecular complexity index is 1520.